The van der Waals surface area contributed by atoms with Crippen LogP contribution in [0.3, 0.4) is 0 Å². The highest BCUT2D eigenvalue weighted by molar-refractivity contribution is 9.10. The molecule has 11 heteroatoms. The molecule has 2 amide bonds. The Morgan fingerprint density at radius 3 is 2.70 bits per heavy atom. The molecular formula is C29H30BrFN6O3. The van der Waals surface area contributed by atoms with E-state index >= 15 is 0 Å². The second-order valence-electron chi connectivity index (χ2n) is 9.72. The fraction of sp³-hybridized carbons (Fsp3) is 0.310. The Bertz CT molecular complexity index is 1410. The largest absolute Gasteiger partial charge is 0.445 e. The van der Waals surface area contributed by atoms with E-state index in [-0.39, 0.29) is 24.9 Å². The molecule has 2 N–H and O–H groups in total. The molecule has 3 aromatic carbocycles. The van der Waals surface area contributed by atoms with E-state index in [1.807, 2.05) is 37.3 Å². The number of likely N-dealkylation sites (tertiary alicyclic amines) is 1. The SMILES string of the molecule is Cc1cc(F)cc(NC(C(=O)NC[C@@H]2CCCN2C(=O)OCc2ccccc2)c2cc(Br)c(C)cc2N=[N+]=[N-])c1. The molecule has 1 unspecified atom stereocenters. The van der Waals surface area contributed by atoms with Crippen molar-refractivity contribution >= 4 is 39.3 Å². The standard InChI is InChI=1S/C29H30BrFN6O3/c1-18-11-21(31)14-22(12-18)34-27(24-15-25(30)19(2)13-26(24)35-36-32)28(38)33-16-23-9-6-10-37(23)29(39)40-17-20-7-4-3-5-8-20/h3-5,7-8,11-15,23,27,34H,6,9-10,16-17H2,1-2H3,(H,33,38)/t23-,27?/m0/s1. The summed E-state index contributed by atoms with van der Waals surface area (Å²) >= 11 is 3.49. The van der Waals surface area contributed by atoms with Crippen molar-refractivity contribution in [1.29, 1.82) is 0 Å². The second-order valence-corrected chi connectivity index (χ2v) is 10.6. The lowest BCUT2D eigenvalue weighted by Gasteiger charge is -2.26. The number of anilines is 1. The number of azide groups is 1. The predicted octanol–water partition coefficient (Wildman–Crippen LogP) is 7.22. The van der Waals surface area contributed by atoms with Gasteiger partial charge in [0, 0.05) is 33.8 Å². The predicted molar refractivity (Wildman–Crippen MR) is 155 cm³/mol. The van der Waals surface area contributed by atoms with Crippen molar-refractivity contribution in [3.05, 3.63) is 104 Å². The fourth-order valence-electron chi connectivity index (χ4n) is 4.73. The number of benzene rings is 3. The Morgan fingerprint density at radius 2 is 1.98 bits per heavy atom. The van der Waals surface area contributed by atoms with Crippen molar-refractivity contribution in [2.24, 2.45) is 5.11 Å². The summed E-state index contributed by atoms with van der Waals surface area (Å²) in [6, 6.07) is 16.0. The summed E-state index contributed by atoms with van der Waals surface area (Å²) in [5, 5.41) is 9.85. The fourth-order valence-corrected chi connectivity index (χ4v) is 5.09. The first-order chi connectivity index (χ1) is 19.2. The third-order valence-corrected chi connectivity index (χ3v) is 7.57. The summed E-state index contributed by atoms with van der Waals surface area (Å²) in [7, 11) is 0. The van der Waals surface area contributed by atoms with Crippen LogP contribution in [-0.4, -0.2) is 36.0 Å². The van der Waals surface area contributed by atoms with Gasteiger partial charge in [0.1, 0.15) is 18.5 Å². The quantitative estimate of drug-likeness (QED) is 0.151. The van der Waals surface area contributed by atoms with Crippen molar-refractivity contribution in [2.45, 2.75) is 45.4 Å². The molecule has 1 aliphatic heterocycles. The Hall–Kier alpha value is -4.08. The number of aryl methyl sites for hydroxylation is 2. The number of carbonyl (C=O) groups is 2. The zero-order chi connectivity index (χ0) is 28.6. The normalized spacial score (nSPS) is 15.2. The third-order valence-electron chi connectivity index (χ3n) is 6.72. The summed E-state index contributed by atoms with van der Waals surface area (Å²) in [6.07, 6.45) is 1.07. The first-order valence-corrected chi connectivity index (χ1v) is 13.7. The lowest BCUT2D eigenvalue weighted by molar-refractivity contribution is -0.122. The monoisotopic (exact) mass is 608 g/mol. The summed E-state index contributed by atoms with van der Waals surface area (Å²) in [5.41, 5.74) is 12.6. The van der Waals surface area contributed by atoms with Crippen LogP contribution >= 0.6 is 15.9 Å². The lowest BCUT2D eigenvalue weighted by Crippen LogP contribution is -2.45. The lowest BCUT2D eigenvalue weighted by atomic mass is 10.0. The maximum absolute atomic E-state index is 14.2. The molecule has 40 heavy (non-hydrogen) atoms. The molecule has 9 nitrogen and oxygen atoms in total. The van der Waals surface area contributed by atoms with Crippen LogP contribution in [0.4, 0.5) is 20.6 Å². The van der Waals surface area contributed by atoms with Crippen molar-refractivity contribution in [2.75, 3.05) is 18.4 Å². The van der Waals surface area contributed by atoms with E-state index in [1.165, 1.54) is 12.1 Å². The summed E-state index contributed by atoms with van der Waals surface area (Å²) in [5.74, 6) is -0.866. The molecule has 3 aromatic rings. The van der Waals surface area contributed by atoms with Gasteiger partial charge in [-0.3, -0.25) is 4.79 Å². The number of nitrogens with zero attached hydrogens (tertiary/aromatic N) is 4. The molecule has 0 bridgehead atoms. The zero-order valence-corrected chi connectivity index (χ0v) is 23.8. The van der Waals surface area contributed by atoms with Gasteiger partial charge in [-0.25, -0.2) is 9.18 Å². The minimum Gasteiger partial charge on any atom is -0.445 e. The van der Waals surface area contributed by atoms with Crippen LogP contribution in [0.15, 0.2) is 70.3 Å². The molecule has 0 aliphatic carbocycles. The molecule has 0 aromatic heterocycles. The topological polar surface area (TPSA) is 119 Å². The van der Waals surface area contributed by atoms with Crippen LogP contribution < -0.4 is 10.6 Å². The molecule has 0 spiro atoms. The van der Waals surface area contributed by atoms with Gasteiger partial charge >= 0.3 is 6.09 Å². The zero-order valence-electron chi connectivity index (χ0n) is 22.2. The van der Waals surface area contributed by atoms with E-state index in [9.17, 15) is 14.0 Å². The van der Waals surface area contributed by atoms with Crippen LogP contribution in [0.2, 0.25) is 0 Å². The van der Waals surface area contributed by atoms with Gasteiger partial charge in [0.05, 0.1) is 6.04 Å². The second kappa shape index (κ2) is 13.3. The van der Waals surface area contributed by atoms with E-state index in [4.69, 9.17) is 10.3 Å². The first-order valence-electron chi connectivity index (χ1n) is 12.9. The summed E-state index contributed by atoms with van der Waals surface area (Å²) in [4.78, 5) is 31.0. The Labute approximate surface area is 240 Å². The smallest absolute Gasteiger partial charge is 0.410 e. The maximum atomic E-state index is 14.2. The molecule has 1 fully saturated rings. The van der Waals surface area contributed by atoms with E-state index in [0.29, 0.717) is 29.8 Å². The Balaban J connectivity index is 1.52. The average molecular weight is 610 g/mol. The van der Waals surface area contributed by atoms with Gasteiger partial charge in [0.2, 0.25) is 5.91 Å². The first kappa shape index (κ1) is 28.9. The van der Waals surface area contributed by atoms with E-state index in [0.717, 1.165) is 22.0 Å². The Morgan fingerprint density at radius 1 is 1.20 bits per heavy atom. The molecule has 208 valence electrons. The van der Waals surface area contributed by atoms with Gasteiger partial charge in [-0.1, -0.05) is 51.4 Å². The van der Waals surface area contributed by atoms with Crippen LogP contribution in [0.5, 0.6) is 0 Å². The number of rotatable bonds is 9. The molecule has 2 atom stereocenters. The molecule has 1 saturated heterocycles. The maximum Gasteiger partial charge on any atom is 0.410 e. The van der Waals surface area contributed by atoms with Gasteiger partial charge in [0.15, 0.2) is 0 Å². The van der Waals surface area contributed by atoms with Gasteiger partial charge in [-0.15, -0.1) is 0 Å². The minimum absolute atomic E-state index is 0.165. The van der Waals surface area contributed by atoms with Gasteiger partial charge < -0.3 is 20.3 Å². The Kier molecular flexibility index (Phi) is 9.63. The van der Waals surface area contributed by atoms with E-state index in [2.05, 4.69) is 36.6 Å². The van der Waals surface area contributed by atoms with Gasteiger partial charge in [-0.05, 0) is 84.8 Å². The van der Waals surface area contributed by atoms with Gasteiger partial charge in [-0.2, -0.15) is 0 Å². The molecule has 1 aliphatic rings. The highest BCUT2D eigenvalue weighted by Crippen LogP contribution is 2.34. The number of hydrogen-bond acceptors (Lipinski definition) is 5. The highest BCUT2D eigenvalue weighted by atomic mass is 79.9. The minimum atomic E-state index is -1.02. The molecule has 0 saturated carbocycles. The molecule has 4 rings (SSSR count). The summed E-state index contributed by atoms with van der Waals surface area (Å²) in [6.45, 7) is 4.49. The van der Waals surface area contributed by atoms with Crippen LogP contribution in [-0.2, 0) is 16.1 Å². The number of nitrogens with one attached hydrogen (secondary N) is 2. The van der Waals surface area contributed by atoms with Crippen molar-refractivity contribution in [1.82, 2.24) is 10.2 Å². The number of hydrogen-bond donors (Lipinski definition) is 2. The van der Waals surface area contributed by atoms with Crippen molar-refractivity contribution < 1.29 is 18.7 Å². The number of carbonyl (C=O) groups excluding carboxylic acids is 2. The molecular weight excluding hydrogens is 579 g/mol. The number of amides is 2. The number of ether oxygens (including phenoxy) is 1. The van der Waals surface area contributed by atoms with Crippen LogP contribution in [0, 0.1) is 19.7 Å². The average Bonchev–Trinajstić information content (AvgIpc) is 3.40. The van der Waals surface area contributed by atoms with Crippen LogP contribution in [0.25, 0.3) is 10.4 Å². The van der Waals surface area contributed by atoms with E-state index in [1.54, 1.807) is 30.0 Å². The molecule has 0 radical (unpaired) electrons. The summed E-state index contributed by atoms with van der Waals surface area (Å²) < 4.78 is 20.4. The van der Waals surface area contributed by atoms with Crippen LogP contribution in [0.1, 0.15) is 41.1 Å². The van der Waals surface area contributed by atoms with Crippen molar-refractivity contribution in [3.8, 4) is 0 Å². The highest BCUT2D eigenvalue weighted by Gasteiger charge is 2.32. The molecule has 1 heterocycles. The van der Waals surface area contributed by atoms with Crippen molar-refractivity contribution in [3.63, 3.8) is 0 Å². The number of halogens is 2. The van der Waals surface area contributed by atoms with E-state index < -0.39 is 23.9 Å². The third kappa shape index (κ3) is 7.31. The van der Waals surface area contributed by atoms with Gasteiger partial charge in [0.25, 0.3) is 0 Å².